The highest BCUT2D eigenvalue weighted by molar-refractivity contribution is 9.10. The molecule has 0 heterocycles. The molecular formula is C9H9BrF3N. The Morgan fingerprint density at radius 1 is 1.36 bits per heavy atom. The van der Waals surface area contributed by atoms with Crippen LogP contribution in [0.25, 0.3) is 0 Å². The zero-order valence-corrected chi connectivity index (χ0v) is 9.04. The number of benzene rings is 1. The van der Waals surface area contributed by atoms with E-state index in [1.165, 1.54) is 6.07 Å². The van der Waals surface area contributed by atoms with Gasteiger partial charge in [-0.05, 0) is 24.7 Å². The molecule has 0 aromatic heterocycles. The molecule has 0 saturated carbocycles. The third-order valence-corrected chi connectivity index (χ3v) is 2.52. The second-order valence-electron chi connectivity index (χ2n) is 2.79. The van der Waals surface area contributed by atoms with Gasteiger partial charge in [0.15, 0.2) is 0 Å². The molecule has 0 bridgehead atoms. The van der Waals surface area contributed by atoms with Gasteiger partial charge in [-0.1, -0.05) is 22.0 Å². The predicted molar refractivity (Wildman–Crippen MR) is 51.9 cm³/mol. The van der Waals surface area contributed by atoms with Crippen LogP contribution in [-0.2, 0) is 12.7 Å². The first-order chi connectivity index (χ1) is 6.46. The molecule has 1 N–H and O–H groups in total. The zero-order valence-electron chi connectivity index (χ0n) is 7.45. The van der Waals surface area contributed by atoms with Crippen LogP contribution in [-0.4, -0.2) is 7.05 Å². The Labute approximate surface area is 88.4 Å². The second-order valence-corrected chi connectivity index (χ2v) is 3.65. The molecule has 0 aliphatic carbocycles. The second kappa shape index (κ2) is 4.31. The van der Waals surface area contributed by atoms with E-state index in [0.717, 1.165) is 6.07 Å². The van der Waals surface area contributed by atoms with Gasteiger partial charge in [0.25, 0.3) is 0 Å². The highest BCUT2D eigenvalue weighted by Crippen LogP contribution is 2.34. The van der Waals surface area contributed by atoms with Gasteiger partial charge in [-0.3, -0.25) is 0 Å². The summed E-state index contributed by atoms with van der Waals surface area (Å²) in [5, 5.41) is 2.71. The van der Waals surface area contributed by atoms with Crippen molar-refractivity contribution in [3.63, 3.8) is 0 Å². The Balaban J connectivity index is 3.21. The van der Waals surface area contributed by atoms with Gasteiger partial charge >= 0.3 is 6.18 Å². The van der Waals surface area contributed by atoms with E-state index in [2.05, 4.69) is 21.2 Å². The SMILES string of the molecule is CNCc1c(Br)cccc1C(F)(F)F. The van der Waals surface area contributed by atoms with Gasteiger partial charge in [-0.2, -0.15) is 13.2 Å². The Morgan fingerprint density at radius 3 is 2.50 bits per heavy atom. The van der Waals surface area contributed by atoms with E-state index in [-0.39, 0.29) is 12.1 Å². The predicted octanol–water partition coefficient (Wildman–Crippen LogP) is 3.19. The summed E-state index contributed by atoms with van der Waals surface area (Å²) in [5.41, 5.74) is -0.358. The van der Waals surface area contributed by atoms with Gasteiger partial charge < -0.3 is 5.32 Å². The number of halogens is 4. The van der Waals surface area contributed by atoms with Crippen LogP contribution in [0.1, 0.15) is 11.1 Å². The lowest BCUT2D eigenvalue weighted by atomic mass is 10.1. The highest BCUT2D eigenvalue weighted by atomic mass is 79.9. The van der Waals surface area contributed by atoms with Gasteiger partial charge in [0.1, 0.15) is 0 Å². The maximum atomic E-state index is 12.5. The number of alkyl halides is 3. The van der Waals surface area contributed by atoms with Crippen molar-refractivity contribution in [2.45, 2.75) is 12.7 Å². The zero-order chi connectivity index (χ0) is 10.8. The normalized spacial score (nSPS) is 11.8. The highest BCUT2D eigenvalue weighted by Gasteiger charge is 2.33. The van der Waals surface area contributed by atoms with E-state index in [1.54, 1.807) is 13.1 Å². The van der Waals surface area contributed by atoms with Crippen molar-refractivity contribution >= 4 is 15.9 Å². The van der Waals surface area contributed by atoms with Crippen molar-refractivity contribution < 1.29 is 13.2 Å². The molecule has 14 heavy (non-hydrogen) atoms. The summed E-state index contributed by atoms with van der Waals surface area (Å²) >= 11 is 3.10. The molecule has 0 saturated heterocycles. The summed E-state index contributed by atoms with van der Waals surface area (Å²) in [6, 6.07) is 4.06. The van der Waals surface area contributed by atoms with Crippen LogP contribution in [0.4, 0.5) is 13.2 Å². The fraction of sp³-hybridized carbons (Fsp3) is 0.333. The summed E-state index contributed by atoms with van der Waals surface area (Å²) < 4.78 is 38.0. The average Bonchev–Trinajstić information content (AvgIpc) is 2.07. The van der Waals surface area contributed by atoms with E-state index in [0.29, 0.717) is 4.47 Å². The van der Waals surface area contributed by atoms with Crippen LogP contribution >= 0.6 is 15.9 Å². The molecule has 78 valence electrons. The first kappa shape index (κ1) is 11.5. The number of hydrogen-bond acceptors (Lipinski definition) is 1. The van der Waals surface area contributed by atoms with Gasteiger partial charge in [-0.25, -0.2) is 0 Å². The minimum atomic E-state index is -4.30. The molecule has 0 radical (unpaired) electrons. The third-order valence-electron chi connectivity index (χ3n) is 1.78. The Hall–Kier alpha value is -0.550. The van der Waals surface area contributed by atoms with Gasteiger partial charge in [0.05, 0.1) is 5.56 Å². The Morgan fingerprint density at radius 2 is 2.00 bits per heavy atom. The summed E-state index contributed by atoms with van der Waals surface area (Å²) in [7, 11) is 1.61. The Bertz CT molecular complexity index is 322. The average molecular weight is 268 g/mol. The lowest BCUT2D eigenvalue weighted by Gasteiger charge is -2.13. The fourth-order valence-corrected chi connectivity index (χ4v) is 1.69. The summed E-state index contributed by atoms with van der Waals surface area (Å²) in [5.74, 6) is 0. The van der Waals surface area contributed by atoms with Crippen molar-refractivity contribution in [3.8, 4) is 0 Å². The van der Waals surface area contributed by atoms with E-state index in [1.807, 2.05) is 0 Å². The van der Waals surface area contributed by atoms with E-state index < -0.39 is 11.7 Å². The summed E-state index contributed by atoms with van der Waals surface area (Å²) in [4.78, 5) is 0. The molecule has 1 aromatic carbocycles. The Kier molecular flexibility index (Phi) is 3.55. The molecule has 0 atom stereocenters. The van der Waals surface area contributed by atoms with E-state index in [4.69, 9.17) is 0 Å². The van der Waals surface area contributed by atoms with Crippen molar-refractivity contribution in [2.75, 3.05) is 7.05 Å². The fourth-order valence-electron chi connectivity index (χ4n) is 1.18. The maximum absolute atomic E-state index is 12.5. The number of hydrogen-bond donors (Lipinski definition) is 1. The van der Waals surface area contributed by atoms with Gasteiger partial charge in [0.2, 0.25) is 0 Å². The monoisotopic (exact) mass is 267 g/mol. The van der Waals surface area contributed by atoms with Crippen LogP contribution in [0.15, 0.2) is 22.7 Å². The summed E-state index contributed by atoms with van der Waals surface area (Å²) in [6.45, 7) is 0.191. The molecule has 5 heteroatoms. The van der Waals surface area contributed by atoms with Crippen molar-refractivity contribution in [2.24, 2.45) is 0 Å². The lowest BCUT2D eigenvalue weighted by molar-refractivity contribution is -0.138. The quantitative estimate of drug-likeness (QED) is 0.868. The molecule has 1 nitrogen and oxygen atoms in total. The van der Waals surface area contributed by atoms with Gasteiger partial charge in [0, 0.05) is 11.0 Å². The van der Waals surface area contributed by atoms with Crippen LogP contribution in [0.3, 0.4) is 0 Å². The molecule has 0 aliphatic rings. The molecule has 1 aromatic rings. The molecular weight excluding hydrogens is 259 g/mol. The largest absolute Gasteiger partial charge is 0.416 e. The van der Waals surface area contributed by atoms with Crippen molar-refractivity contribution in [1.29, 1.82) is 0 Å². The summed E-state index contributed by atoms with van der Waals surface area (Å²) in [6.07, 6.45) is -4.30. The minimum Gasteiger partial charge on any atom is -0.316 e. The third kappa shape index (κ3) is 2.48. The molecule has 0 spiro atoms. The number of nitrogens with one attached hydrogen (secondary N) is 1. The molecule has 0 fully saturated rings. The standard InChI is InChI=1S/C9H9BrF3N/c1-14-5-6-7(9(11,12)13)3-2-4-8(6)10/h2-4,14H,5H2,1H3. The van der Waals surface area contributed by atoms with Crippen LogP contribution in [0, 0.1) is 0 Å². The van der Waals surface area contributed by atoms with E-state index >= 15 is 0 Å². The lowest BCUT2D eigenvalue weighted by Crippen LogP contribution is -2.14. The molecule has 1 rings (SSSR count). The van der Waals surface area contributed by atoms with Gasteiger partial charge in [-0.15, -0.1) is 0 Å². The van der Waals surface area contributed by atoms with Crippen LogP contribution in [0.5, 0.6) is 0 Å². The minimum absolute atomic E-state index is 0.191. The maximum Gasteiger partial charge on any atom is 0.416 e. The first-order valence-corrected chi connectivity index (χ1v) is 4.75. The molecule has 0 amide bonds. The van der Waals surface area contributed by atoms with E-state index in [9.17, 15) is 13.2 Å². The van der Waals surface area contributed by atoms with Crippen LogP contribution in [0.2, 0.25) is 0 Å². The molecule has 0 unspecified atom stereocenters. The topological polar surface area (TPSA) is 12.0 Å². The van der Waals surface area contributed by atoms with Crippen molar-refractivity contribution in [3.05, 3.63) is 33.8 Å². The van der Waals surface area contributed by atoms with Crippen molar-refractivity contribution in [1.82, 2.24) is 5.32 Å². The smallest absolute Gasteiger partial charge is 0.316 e. The first-order valence-electron chi connectivity index (χ1n) is 3.96. The molecule has 0 aliphatic heterocycles. The number of rotatable bonds is 2. The van der Waals surface area contributed by atoms with Crippen LogP contribution < -0.4 is 5.32 Å².